The monoisotopic (exact) mass is 988 g/mol. The minimum absolute atomic E-state index is 0.0183. The summed E-state index contributed by atoms with van der Waals surface area (Å²) in [5.41, 5.74) is 7.02. The molecule has 2 aliphatic rings. The highest BCUT2D eigenvalue weighted by Gasteiger charge is 2.34. The van der Waals surface area contributed by atoms with E-state index in [4.69, 9.17) is 34.6 Å². The molecule has 2 saturated heterocycles. The predicted molar refractivity (Wildman–Crippen MR) is 273 cm³/mol. The summed E-state index contributed by atoms with van der Waals surface area (Å²) in [4.78, 5) is 59.5. The molecule has 2 N–H and O–H groups in total. The lowest BCUT2D eigenvalue weighted by Crippen LogP contribution is -2.33. The van der Waals surface area contributed by atoms with Crippen LogP contribution in [0.3, 0.4) is 0 Å². The van der Waals surface area contributed by atoms with E-state index >= 15 is 0 Å². The van der Waals surface area contributed by atoms with Gasteiger partial charge in [-0.2, -0.15) is 0 Å². The van der Waals surface area contributed by atoms with Crippen molar-refractivity contribution < 1.29 is 29.4 Å². The van der Waals surface area contributed by atoms with E-state index in [0.29, 0.717) is 9.81 Å². The molecule has 9 rings (SSSR count). The van der Waals surface area contributed by atoms with Gasteiger partial charge in [0, 0.05) is 44.9 Å². The number of carboxylic acids is 2. The van der Waals surface area contributed by atoms with Crippen molar-refractivity contribution in [3.8, 4) is 40.4 Å². The van der Waals surface area contributed by atoms with Gasteiger partial charge in [0.1, 0.15) is 21.7 Å². The van der Waals surface area contributed by atoms with Crippen LogP contribution in [0.1, 0.15) is 37.9 Å². The number of rotatable bonds is 13. The Kier molecular flexibility index (Phi) is 12.8. The minimum Gasteiger partial charge on any atom is -0.480 e. The van der Waals surface area contributed by atoms with Crippen molar-refractivity contribution in [2.45, 2.75) is 12.8 Å². The van der Waals surface area contributed by atoms with Crippen molar-refractivity contribution in [2.24, 2.45) is 0 Å². The molecule has 6 heterocycles. The third-order valence-electron chi connectivity index (χ3n) is 10.3. The van der Waals surface area contributed by atoms with Crippen LogP contribution in [0.15, 0.2) is 131 Å². The zero-order valence-electron chi connectivity index (χ0n) is 33.4. The first-order chi connectivity index (χ1) is 30.9. The molecule has 2 fully saturated rings. The summed E-state index contributed by atoms with van der Waals surface area (Å²) in [6.07, 6.45) is 3.56. The average Bonchev–Trinajstić information content (AvgIpc) is 4.15. The second-order valence-corrected chi connectivity index (χ2v) is 22.4. The Morgan fingerprint density at radius 1 is 0.516 bits per heavy atom. The molecule has 64 heavy (non-hydrogen) atoms. The standard InChI is InChI=1S/C48H32N2O6S8/c1-26-2-4-29(5-3-26)44(30-10-6-27(7-11-30)34-18-20-38(61-34)36-16-14-32(59-36)22-40-45(55)49(24-42(51)52)47(57)63-40)31-12-8-28(9-13-31)35-19-21-39(62-35)37-17-15-33(60-37)23-41-46(56)50(25-43(53)54)48(58)64-41/h2-23,44H,24-25H2,1H3,(H,51,52)(H,53,54)/b40-22-,41-23+. The van der Waals surface area contributed by atoms with Crippen molar-refractivity contribution in [2.75, 3.05) is 13.1 Å². The van der Waals surface area contributed by atoms with Gasteiger partial charge in [-0.05, 0) is 95.4 Å². The van der Waals surface area contributed by atoms with Crippen molar-refractivity contribution in [3.05, 3.63) is 163 Å². The largest absolute Gasteiger partial charge is 0.480 e. The van der Waals surface area contributed by atoms with Gasteiger partial charge in [0.05, 0.1) is 9.81 Å². The van der Waals surface area contributed by atoms with Crippen LogP contribution in [0.25, 0.3) is 52.5 Å². The Morgan fingerprint density at radius 3 is 1.25 bits per heavy atom. The lowest BCUT2D eigenvalue weighted by Gasteiger charge is -2.20. The second kappa shape index (κ2) is 18.7. The summed E-state index contributed by atoms with van der Waals surface area (Å²) in [7, 11) is 0. The molecule has 2 amide bonds. The van der Waals surface area contributed by atoms with Gasteiger partial charge < -0.3 is 10.2 Å². The number of carbonyl (C=O) groups excluding carboxylic acids is 2. The van der Waals surface area contributed by atoms with Crippen molar-refractivity contribution >= 4 is 138 Å². The van der Waals surface area contributed by atoms with E-state index in [1.807, 2.05) is 24.3 Å². The molecule has 1 atom stereocenters. The van der Waals surface area contributed by atoms with Gasteiger partial charge in [-0.15, -0.1) is 45.3 Å². The van der Waals surface area contributed by atoms with Crippen molar-refractivity contribution in [1.82, 2.24) is 9.80 Å². The molecular formula is C48H32N2O6S8. The molecular weight excluding hydrogens is 957 g/mol. The van der Waals surface area contributed by atoms with Crippen LogP contribution >= 0.6 is 93.3 Å². The fourth-order valence-electron chi connectivity index (χ4n) is 7.19. The maximum atomic E-state index is 12.8. The summed E-state index contributed by atoms with van der Waals surface area (Å²) in [5, 5.41) is 18.3. The predicted octanol–water partition coefficient (Wildman–Crippen LogP) is 12.7. The van der Waals surface area contributed by atoms with Gasteiger partial charge in [-0.3, -0.25) is 29.0 Å². The highest BCUT2D eigenvalue weighted by Crippen LogP contribution is 2.43. The number of hydrogen-bond acceptors (Lipinski definition) is 12. The molecule has 0 saturated carbocycles. The van der Waals surface area contributed by atoms with Crippen LogP contribution in [0.2, 0.25) is 0 Å². The summed E-state index contributed by atoms with van der Waals surface area (Å²) < 4.78 is 0.501. The summed E-state index contributed by atoms with van der Waals surface area (Å²) in [6, 6.07) is 42.9. The molecule has 7 aromatic rings. The zero-order valence-corrected chi connectivity index (χ0v) is 39.9. The fourth-order valence-corrected chi connectivity index (χ4v) is 13.9. The number of hydrogen-bond donors (Lipinski definition) is 2. The van der Waals surface area contributed by atoms with Gasteiger partial charge in [0.25, 0.3) is 11.8 Å². The third-order valence-corrected chi connectivity index (χ3v) is 17.8. The van der Waals surface area contributed by atoms with Gasteiger partial charge in [0.15, 0.2) is 0 Å². The Bertz CT molecular complexity index is 2880. The SMILES string of the molecule is Cc1ccc(C(c2ccc(-c3ccc(-c4ccc(/C=C5\SC(=S)N(CC(=O)O)C5=O)s4)s3)cc2)c2ccc(-c3ccc(-c4ccc(/C=C5/SC(=S)N(CC(=O)O)C5=O)s4)s3)cc2)cc1. The molecule has 16 heteroatoms. The second-order valence-electron chi connectivity index (χ2n) is 14.6. The number of thiocarbonyl (C=S) groups is 2. The van der Waals surface area contributed by atoms with Crippen LogP contribution < -0.4 is 0 Å². The lowest BCUT2D eigenvalue weighted by molar-refractivity contribution is -0.140. The van der Waals surface area contributed by atoms with Crippen LogP contribution in [0.5, 0.6) is 0 Å². The van der Waals surface area contributed by atoms with E-state index in [2.05, 4.69) is 104 Å². The van der Waals surface area contributed by atoms with E-state index < -0.39 is 25.0 Å². The van der Waals surface area contributed by atoms with Crippen molar-refractivity contribution in [3.63, 3.8) is 0 Å². The van der Waals surface area contributed by atoms with E-state index in [1.165, 1.54) is 22.3 Å². The Hall–Kier alpha value is -5.30. The summed E-state index contributed by atoms with van der Waals surface area (Å²) in [5.74, 6) is -2.96. The molecule has 8 nitrogen and oxygen atoms in total. The Morgan fingerprint density at radius 2 is 0.859 bits per heavy atom. The topological polar surface area (TPSA) is 115 Å². The number of amides is 2. The first-order valence-electron chi connectivity index (χ1n) is 19.5. The smallest absolute Gasteiger partial charge is 0.323 e. The molecule has 4 aromatic heterocycles. The van der Waals surface area contributed by atoms with E-state index in [-0.39, 0.29) is 26.4 Å². The van der Waals surface area contributed by atoms with Crippen molar-refractivity contribution in [1.29, 1.82) is 0 Å². The number of thiophene rings is 4. The number of carboxylic acid groups (broad SMARTS) is 2. The van der Waals surface area contributed by atoms with Crippen LogP contribution in [0, 0.1) is 6.92 Å². The Labute approximate surface area is 403 Å². The third kappa shape index (κ3) is 9.41. The minimum atomic E-state index is -1.11. The number of aryl methyl sites for hydroxylation is 1. The molecule has 0 radical (unpaired) electrons. The van der Waals surface area contributed by atoms with Crippen LogP contribution in [0.4, 0.5) is 0 Å². The van der Waals surface area contributed by atoms with Crippen LogP contribution in [-0.2, 0) is 19.2 Å². The van der Waals surface area contributed by atoms with Crippen LogP contribution in [-0.4, -0.2) is 65.5 Å². The average molecular weight is 989 g/mol. The molecule has 3 aromatic carbocycles. The first kappa shape index (κ1) is 43.9. The molecule has 1 unspecified atom stereocenters. The number of carbonyl (C=O) groups is 4. The summed E-state index contributed by atoms with van der Waals surface area (Å²) in [6.45, 7) is 1.21. The molecule has 318 valence electrons. The fraction of sp³-hybridized carbons (Fsp3) is 0.0833. The van der Waals surface area contributed by atoms with E-state index in [0.717, 1.165) is 83.5 Å². The lowest BCUT2D eigenvalue weighted by atomic mass is 9.84. The highest BCUT2D eigenvalue weighted by atomic mass is 32.2. The molecule has 2 aliphatic heterocycles. The highest BCUT2D eigenvalue weighted by molar-refractivity contribution is 8.27. The molecule has 0 aliphatic carbocycles. The number of aliphatic carboxylic acids is 2. The van der Waals surface area contributed by atoms with Gasteiger partial charge in [0.2, 0.25) is 0 Å². The summed E-state index contributed by atoms with van der Waals surface area (Å²) >= 11 is 19.3. The normalized spacial score (nSPS) is 15.9. The van der Waals surface area contributed by atoms with Gasteiger partial charge in [-0.1, -0.05) is 126 Å². The maximum absolute atomic E-state index is 12.8. The quantitative estimate of drug-likeness (QED) is 0.0657. The molecule has 0 spiro atoms. The number of benzene rings is 3. The van der Waals surface area contributed by atoms with E-state index in [9.17, 15) is 19.2 Å². The van der Waals surface area contributed by atoms with E-state index in [1.54, 1.807) is 57.5 Å². The first-order valence-corrected chi connectivity index (χ1v) is 25.2. The zero-order chi connectivity index (χ0) is 44.6. The Balaban J connectivity index is 0.906. The van der Waals surface area contributed by atoms with Gasteiger partial charge >= 0.3 is 11.9 Å². The number of thioether (sulfide) groups is 2. The van der Waals surface area contributed by atoms with Gasteiger partial charge in [-0.25, -0.2) is 0 Å². The molecule has 0 bridgehead atoms. The maximum Gasteiger partial charge on any atom is 0.323 e. The number of nitrogens with zero attached hydrogens (tertiary/aromatic N) is 2.